The van der Waals surface area contributed by atoms with Crippen molar-refractivity contribution in [1.29, 1.82) is 0 Å². The first-order valence-electron chi connectivity index (χ1n) is 7.50. The van der Waals surface area contributed by atoms with Gasteiger partial charge in [-0.3, -0.25) is 9.10 Å². The summed E-state index contributed by atoms with van der Waals surface area (Å²) in [7, 11) is -0.974. The van der Waals surface area contributed by atoms with Gasteiger partial charge in [-0.05, 0) is 24.3 Å². The van der Waals surface area contributed by atoms with Gasteiger partial charge in [0.2, 0.25) is 15.9 Å². The molecule has 2 aromatic rings. The Labute approximate surface area is 151 Å². The average molecular weight is 382 g/mol. The van der Waals surface area contributed by atoms with E-state index in [-0.39, 0.29) is 17.1 Å². The van der Waals surface area contributed by atoms with Crippen LogP contribution in [0.4, 0.5) is 15.8 Å². The Morgan fingerprint density at radius 3 is 2.42 bits per heavy atom. The highest BCUT2D eigenvalue weighted by Crippen LogP contribution is 2.33. The first-order valence-corrected chi connectivity index (χ1v) is 9.35. The molecule has 26 heavy (non-hydrogen) atoms. The minimum Gasteiger partial charge on any atom is -0.497 e. The molecule has 1 N–H and O–H groups in total. The van der Waals surface area contributed by atoms with Crippen LogP contribution in [-0.4, -0.2) is 41.3 Å². The molecule has 0 aliphatic rings. The van der Waals surface area contributed by atoms with E-state index in [1.165, 1.54) is 44.6 Å². The van der Waals surface area contributed by atoms with Gasteiger partial charge in [0.25, 0.3) is 0 Å². The van der Waals surface area contributed by atoms with Crippen LogP contribution in [0.1, 0.15) is 0 Å². The van der Waals surface area contributed by atoms with E-state index in [1.807, 2.05) is 0 Å². The van der Waals surface area contributed by atoms with Gasteiger partial charge in [-0.15, -0.1) is 0 Å². The molecule has 0 radical (unpaired) electrons. The molecule has 0 aliphatic heterocycles. The third kappa shape index (κ3) is 4.63. The highest BCUT2D eigenvalue weighted by Gasteiger charge is 2.24. The van der Waals surface area contributed by atoms with Crippen molar-refractivity contribution in [2.75, 3.05) is 36.6 Å². The maximum Gasteiger partial charge on any atom is 0.245 e. The molecule has 1 amide bonds. The van der Waals surface area contributed by atoms with E-state index in [2.05, 4.69) is 5.32 Å². The molecule has 7 nitrogen and oxygen atoms in total. The molecule has 2 aromatic carbocycles. The summed E-state index contributed by atoms with van der Waals surface area (Å²) in [5, 5.41) is 2.36. The lowest BCUT2D eigenvalue weighted by atomic mass is 10.2. The number of ether oxygens (including phenoxy) is 2. The SMILES string of the molecule is COc1ccc(N(CC(=O)Nc2ccccc2F)S(C)(=O)=O)c(OC)c1. The van der Waals surface area contributed by atoms with Crippen LogP contribution in [0.15, 0.2) is 42.5 Å². The van der Waals surface area contributed by atoms with Crippen molar-refractivity contribution in [3.8, 4) is 11.5 Å². The van der Waals surface area contributed by atoms with Gasteiger partial charge >= 0.3 is 0 Å². The number of halogens is 1. The van der Waals surface area contributed by atoms with Gasteiger partial charge in [-0.2, -0.15) is 0 Å². The lowest BCUT2D eigenvalue weighted by Gasteiger charge is -2.24. The molecule has 0 aromatic heterocycles. The summed E-state index contributed by atoms with van der Waals surface area (Å²) in [6, 6.07) is 10.1. The Bertz CT molecular complexity index is 902. The molecule has 0 aliphatic carbocycles. The number of hydrogen-bond acceptors (Lipinski definition) is 5. The van der Waals surface area contributed by atoms with Crippen molar-refractivity contribution in [1.82, 2.24) is 0 Å². The van der Waals surface area contributed by atoms with Crippen LogP contribution < -0.4 is 19.1 Å². The van der Waals surface area contributed by atoms with E-state index >= 15 is 0 Å². The van der Waals surface area contributed by atoms with Crippen molar-refractivity contribution in [3.05, 3.63) is 48.3 Å². The van der Waals surface area contributed by atoms with Gasteiger partial charge in [0.1, 0.15) is 23.9 Å². The number of rotatable bonds is 7. The molecule has 9 heteroatoms. The van der Waals surface area contributed by atoms with Crippen molar-refractivity contribution < 1.29 is 27.1 Å². The van der Waals surface area contributed by atoms with Gasteiger partial charge in [-0.25, -0.2) is 12.8 Å². The quantitative estimate of drug-likeness (QED) is 0.794. The number of nitrogens with one attached hydrogen (secondary N) is 1. The van der Waals surface area contributed by atoms with E-state index in [4.69, 9.17) is 9.47 Å². The number of para-hydroxylation sites is 1. The molecular formula is C17H19FN2O5S. The van der Waals surface area contributed by atoms with E-state index in [9.17, 15) is 17.6 Å². The molecule has 0 saturated heterocycles. The molecule has 0 unspecified atom stereocenters. The van der Waals surface area contributed by atoms with Crippen LogP contribution in [0.25, 0.3) is 0 Å². The number of hydrogen-bond donors (Lipinski definition) is 1. The van der Waals surface area contributed by atoms with E-state index in [0.717, 1.165) is 10.6 Å². The maximum atomic E-state index is 13.7. The minimum absolute atomic E-state index is 0.0346. The monoisotopic (exact) mass is 382 g/mol. The normalized spacial score (nSPS) is 10.9. The van der Waals surface area contributed by atoms with Crippen molar-refractivity contribution in [3.63, 3.8) is 0 Å². The predicted octanol–water partition coefficient (Wildman–Crippen LogP) is 2.25. The second kappa shape index (κ2) is 8.05. The van der Waals surface area contributed by atoms with Crippen LogP contribution in [-0.2, 0) is 14.8 Å². The van der Waals surface area contributed by atoms with E-state index < -0.39 is 28.3 Å². The number of benzene rings is 2. The number of sulfonamides is 1. The highest BCUT2D eigenvalue weighted by atomic mass is 32.2. The molecule has 0 atom stereocenters. The summed E-state index contributed by atoms with van der Waals surface area (Å²) in [5.74, 6) is -0.629. The Kier molecular flexibility index (Phi) is 6.04. The Morgan fingerprint density at radius 1 is 1.15 bits per heavy atom. The van der Waals surface area contributed by atoms with Crippen LogP contribution >= 0.6 is 0 Å². The third-order valence-corrected chi connectivity index (χ3v) is 4.62. The summed E-state index contributed by atoms with van der Waals surface area (Å²) in [6.07, 6.45) is 0.965. The summed E-state index contributed by atoms with van der Waals surface area (Å²) in [6.45, 7) is -0.546. The fourth-order valence-corrected chi connectivity index (χ4v) is 3.11. The number of anilines is 2. The Hall–Kier alpha value is -2.81. The maximum absolute atomic E-state index is 13.7. The van der Waals surface area contributed by atoms with Crippen molar-refractivity contribution in [2.24, 2.45) is 0 Å². The van der Waals surface area contributed by atoms with Gasteiger partial charge < -0.3 is 14.8 Å². The topological polar surface area (TPSA) is 84.9 Å². The number of carbonyl (C=O) groups is 1. The fraction of sp³-hybridized carbons (Fsp3) is 0.235. The summed E-state index contributed by atoms with van der Waals surface area (Å²) in [5.41, 5.74) is 0.132. The predicted molar refractivity (Wildman–Crippen MR) is 96.8 cm³/mol. The molecule has 0 heterocycles. The van der Waals surface area contributed by atoms with Crippen molar-refractivity contribution in [2.45, 2.75) is 0 Å². The molecule has 0 saturated carbocycles. The Balaban J connectivity index is 2.32. The lowest BCUT2D eigenvalue weighted by molar-refractivity contribution is -0.114. The number of nitrogens with zero attached hydrogens (tertiary/aromatic N) is 1. The number of carbonyl (C=O) groups excluding carboxylic acids is 1. The van der Waals surface area contributed by atoms with Gasteiger partial charge in [0.15, 0.2) is 0 Å². The molecule has 0 spiro atoms. The van der Waals surface area contributed by atoms with Gasteiger partial charge in [-0.1, -0.05) is 12.1 Å². The zero-order valence-electron chi connectivity index (χ0n) is 14.5. The smallest absolute Gasteiger partial charge is 0.245 e. The zero-order valence-corrected chi connectivity index (χ0v) is 15.3. The van der Waals surface area contributed by atoms with E-state index in [1.54, 1.807) is 12.1 Å². The van der Waals surface area contributed by atoms with Crippen LogP contribution in [0.3, 0.4) is 0 Å². The summed E-state index contributed by atoms with van der Waals surface area (Å²) in [4.78, 5) is 12.3. The minimum atomic E-state index is -3.81. The first kappa shape index (κ1) is 19.5. The first-order chi connectivity index (χ1) is 12.3. The van der Waals surface area contributed by atoms with Crippen molar-refractivity contribution >= 4 is 27.3 Å². The standard InChI is InChI=1S/C17H19FN2O5S/c1-24-12-8-9-15(16(10-12)25-2)20(26(3,22)23)11-17(21)19-14-7-5-4-6-13(14)18/h4-10H,11H2,1-3H3,(H,19,21). The van der Waals surface area contributed by atoms with Gasteiger partial charge in [0, 0.05) is 6.07 Å². The Morgan fingerprint density at radius 2 is 1.85 bits per heavy atom. The average Bonchev–Trinajstić information content (AvgIpc) is 2.60. The molecule has 0 bridgehead atoms. The molecule has 0 fully saturated rings. The fourth-order valence-electron chi connectivity index (χ4n) is 2.25. The highest BCUT2D eigenvalue weighted by molar-refractivity contribution is 7.92. The largest absolute Gasteiger partial charge is 0.497 e. The molecule has 140 valence electrons. The zero-order chi connectivity index (χ0) is 19.3. The third-order valence-electron chi connectivity index (χ3n) is 3.49. The lowest BCUT2D eigenvalue weighted by Crippen LogP contribution is -2.37. The van der Waals surface area contributed by atoms with E-state index in [0.29, 0.717) is 5.75 Å². The second-order valence-electron chi connectivity index (χ2n) is 5.34. The second-order valence-corrected chi connectivity index (χ2v) is 7.24. The van der Waals surface area contributed by atoms with Crippen LogP contribution in [0.5, 0.6) is 11.5 Å². The van der Waals surface area contributed by atoms with Crippen LogP contribution in [0, 0.1) is 5.82 Å². The number of amides is 1. The summed E-state index contributed by atoms with van der Waals surface area (Å²) >= 11 is 0. The summed E-state index contributed by atoms with van der Waals surface area (Å²) < 4.78 is 49.2. The molecule has 2 rings (SSSR count). The number of methoxy groups -OCH3 is 2. The molecular weight excluding hydrogens is 363 g/mol. The van der Waals surface area contributed by atoms with Crippen LogP contribution in [0.2, 0.25) is 0 Å². The van der Waals surface area contributed by atoms with Gasteiger partial charge in [0.05, 0.1) is 31.9 Å².